The molecule has 0 spiro atoms. The molecule has 1 fully saturated rings. The van der Waals surface area contributed by atoms with Gasteiger partial charge in [-0.3, -0.25) is 4.79 Å². The van der Waals surface area contributed by atoms with Crippen LogP contribution in [0.2, 0.25) is 18.1 Å². The van der Waals surface area contributed by atoms with Gasteiger partial charge >= 0.3 is 5.97 Å². The molecule has 4 nitrogen and oxygen atoms in total. The molecular weight excluding hydrogens is 320 g/mol. The number of hydrogen-bond acceptors (Lipinski definition) is 4. The summed E-state index contributed by atoms with van der Waals surface area (Å²) < 4.78 is 11.8. The first-order chi connectivity index (χ1) is 11.3. The Bertz CT molecular complexity index is 515. The summed E-state index contributed by atoms with van der Waals surface area (Å²) >= 11 is 0. The third-order valence-corrected chi connectivity index (χ3v) is 11.2. The van der Waals surface area contributed by atoms with Crippen LogP contribution in [0, 0.1) is 11.8 Å². The van der Waals surface area contributed by atoms with Crippen molar-refractivity contribution in [3.8, 4) is 0 Å². The number of Topliss-reactive ketones (excluding diaryl/α,β-unsaturated/α-hetero) is 1. The maximum Gasteiger partial charge on any atom is 0.333 e. The smallest absolute Gasteiger partial charge is 0.333 e. The van der Waals surface area contributed by atoms with E-state index in [0.29, 0.717) is 18.4 Å². The molecular formula is C19H32O4Si. The standard InChI is InChI=1S/C19H32O4Si/c1-6-24(7-2,8-3)23-19(4)12-11-15-16(19)13-14(18(21)22-5)9-10-17(15)20/h9,15-16H,6-8,10-13H2,1-5H3/t15-,16-,19-/m1/s1. The molecule has 0 N–H and O–H groups in total. The molecule has 0 saturated heterocycles. The van der Waals surface area contributed by atoms with Gasteiger partial charge in [0, 0.05) is 23.8 Å². The number of methoxy groups -OCH3 is 1. The van der Waals surface area contributed by atoms with Crippen LogP contribution in [0.5, 0.6) is 0 Å². The van der Waals surface area contributed by atoms with Crippen molar-refractivity contribution in [3.05, 3.63) is 11.6 Å². The van der Waals surface area contributed by atoms with Gasteiger partial charge in [-0.2, -0.15) is 0 Å². The van der Waals surface area contributed by atoms with E-state index in [4.69, 9.17) is 9.16 Å². The average Bonchev–Trinajstić information content (AvgIpc) is 2.80. The second-order valence-corrected chi connectivity index (χ2v) is 12.2. The molecule has 0 aliphatic heterocycles. The van der Waals surface area contributed by atoms with E-state index in [2.05, 4.69) is 27.7 Å². The van der Waals surface area contributed by atoms with Crippen molar-refractivity contribution in [1.29, 1.82) is 0 Å². The number of carbonyl (C=O) groups excluding carboxylic acids is 2. The highest BCUT2D eigenvalue weighted by Gasteiger charge is 2.52. The maximum atomic E-state index is 12.6. The lowest BCUT2D eigenvalue weighted by molar-refractivity contribution is -0.136. The summed E-state index contributed by atoms with van der Waals surface area (Å²) in [4.78, 5) is 24.6. The van der Waals surface area contributed by atoms with E-state index in [0.717, 1.165) is 31.0 Å². The Balaban J connectivity index is 2.31. The molecule has 0 radical (unpaired) electrons. The minimum atomic E-state index is -1.77. The molecule has 1 saturated carbocycles. The second-order valence-electron chi connectivity index (χ2n) is 7.51. The van der Waals surface area contributed by atoms with Crippen LogP contribution in [0.1, 0.15) is 53.4 Å². The number of rotatable bonds is 6. The summed E-state index contributed by atoms with van der Waals surface area (Å²) in [5.41, 5.74) is 0.346. The van der Waals surface area contributed by atoms with Crippen LogP contribution in [0.15, 0.2) is 11.6 Å². The SMILES string of the molecule is CC[Si](CC)(CC)O[C@]1(C)CC[C@H]2C(=O)CC=C(C(=O)OC)C[C@H]21. The number of ether oxygens (including phenoxy) is 1. The van der Waals surface area contributed by atoms with E-state index in [1.165, 1.54) is 7.11 Å². The highest BCUT2D eigenvalue weighted by Crippen LogP contribution is 2.50. The Morgan fingerprint density at radius 3 is 2.46 bits per heavy atom. The molecule has 2 rings (SSSR count). The fraction of sp³-hybridized carbons (Fsp3) is 0.789. The van der Waals surface area contributed by atoms with E-state index >= 15 is 0 Å². The van der Waals surface area contributed by atoms with Gasteiger partial charge in [0.05, 0.1) is 12.7 Å². The van der Waals surface area contributed by atoms with Crippen LogP contribution in [-0.2, 0) is 18.8 Å². The lowest BCUT2D eigenvalue weighted by atomic mass is 9.82. The molecule has 5 heteroatoms. The van der Waals surface area contributed by atoms with Crippen LogP contribution in [0.25, 0.3) is 0 Å². The first kappa shape index (κ1) is 19.4. The molecule has 0 aromatic rings. The van der Waals surface area contributed by atoms with Crippen molar-refractivity contribution >= 4 is 20.1 Å². The highest BCUT2D eigenvalue weighted by molar-refractivity contribution is 6.73. The summed E-state index contributed by atoms with van der Waals surface area (Å²) in [5.74, 6) is 0.0609. The topological polar surface area (TPSA) is 52.6 Å². The Labute approximate surface area is 147 Å². The van der Waals surface area contributed by atoms with Gasteiger partial charge in [0.2, 0.25) is 0 Å². The van der Waals surface area contributed by atoms with Gasteiger partial charge in [0.1, 0.15) is 5.78 Å². The van der Waals surface area contributed by atoms with Gasteiger partial charge in [-0.1, -0.05) is 26.8 Å². The van der Waals surface area contributed by atoms with E-state index in [-0.39, 0.29) is 29.2 Å². The number of hydrogen-bond donors (Lipinski definition) is 0. The molecule has 2 aliphatic rings. The van der Waals surface area contributed by atoms with Gasteiger partial charge < -0.3 is 9.16 Å². The third kappa shape index (κ3) is 3.52. The fourth-order valence-electron chi connectivity index (χ4n) is 4.58. The summed E-state index contributed by atoms with van der Waals surface area (Å²) in [5, 5.41) is 0. The summed E-state index contributed by atoms with van der Waals surface area (Å²) in [6.45, 7) is 8.86. The first-order valence-electron chi connectivity index (χ1n) is 9.35. The lowest BCUT2D eigenvalue weighted by Crippen LogP contribution is -2.48. The van der Waals surface area contributed by atoms with Crippen molar-refractivity contribution < 1.29 is 18.8 Å². The van der Waals surface area contributed by atoms with Crippen molar-refractivity contribution in [2.45, 2.75) is 77.1 Å². The van der Waals surface area contributed by atoms with Gasteiger partial charge in [0.25, 0.3) is 0 Å². The largest absolute Gasteiger partial charge is 0.466 e. The average molecular weight is 353 g/mol. The Morgan fingerprint density at radius 1 is 1.29 bits per heavy atom. The quantitative estimate of drug-likeness (QED) is 0.529. The van der Waals surface area contributed by atoms with E-state index in [9.17, 15) is 9.59 Å². The van der Waals surface area contributed by atoms with Crippen molar-refractivity contribution in [2.75, 3.05) is 7.11 Å². The molecule has 0 aromatic heterocycles. The number of fused-ring (bicyclic) bond motifs is 1. The first-order valence-corrected chi connectivity index (χ1v) is 11.9. The Kier molecular flexibility index (Phi) is 6.08. The zero-order chi connectivity index (χ0) is 18.0. The molecule has 0 bridgehead atoms. The lowest BCUT2D eigenvalue weighted by Gasteiger charge is -2.42. The summed E-state index contributed by atoms with van der Waals surface area (Å²) in [6.07, 6.45) is 4.51. The van der Waals surface area contributed by atoms with Gasteiger partial charge in [-0.05, 0) is 44.3 Å². The minimum Gasteiger partial charge on any atom is -0.466 e. The van der Waals surface area contributed by atoms with E-state index in [1.54, 1.807) is 6.08 Å². The minimum absolute atomic E-state index is 0.0191. The Morgan fingerprint density at radius 2 is 1.92 bits per heavy atom. The Hall–Kier alpha value is -0.943. The zero-order valence-electron chi connectivity index (χ0n) is 15.8. The predicted molar refractivity (Wildman–Crippen MR) is 97.2 cm³/mol. The van der Waals surface area contributed by atoms with E-state index < -0.39 is 8.32 Å². The molecule has 2 aliphatic carbocycles. The second kappa shape index (κ2) is 7.52. The summed E-state index contributed by atoms with van der Waals surface area (Å²) in [6, 6.07) is 3.29. The van der Waals surface area contributed by atoms with Crippen LogP contribution < -0.4 is 0 Å². The number of allylic oxidation sites excluding steroid dienone is 1. The third-order valence-electron chi connectivity index (χ3n) is 6.46. The number of carbonyl (C=O) groups is 2. The molecule has 0 heterocycles. The highest BCUT2D eigenvalue weighted by atomic mass is 28.4. The zero-order valence-corrected chi connectivity index (χ0v) is 16.8. The van der Waals surface area contributed by atoms with Crippen molar-refractivity contribution in [3.63, 3.8) is 0 Å². The van der Waals surface area contributed by atoms with Crippen molar-refractivity contribution in [1.82, 2.24) is 0 Å². The number of esters is 1. The van der Waals surface area contributed by atoms with Crippen LogP contribution in [-0.4, -0.2) is 32.8 Å². The van der Waals surface area contributed by atoms with Crippen LogP contribution in [0.4, 0.5) is 0 Å². The molecule has 24 heavy (non-hydrogen) atoms. The molecule has 0 aromatic carbocycles. The fourth-order valence-corrected chi connectivity index (χ4v) is 7.75. The van der Waals surface area contributed by atoms with Gasteiger partial charge in [-0.15, -0.1) is 0 Å². The number of ketones is 1. The summed E-state index contributed by atoms with van der Waals surface area (Å²) in [7, 11) is -0.370. The molecule has 136 valence electrons. The van der Waals surface area contributed by atoms with Gasteiger partial charge in [0.15, 0.2) is 8.32 Å². The van der Waals surface area contributed by atoms with E-state index in [1.807, 2.05) is 0 Å². The normalized spacial score (nSPS) is 30.5. The molecule has 0 unspecified atom stereocenters. The van der Waals surface area contributed by atoms with Crippen LogP contribution in [0.3, 0.4) is 0 Å². The monoisotopic (exact) mass is 352 g/mol. The molecule has 3 atom stereocenters. The maximum absolute atomic E-state index is 12.6. The van der Waals surface area contributed by atoms with Gasteiger partial charge in [-0.25, -0.2) is 4.79 Å². The predicted octanol–water partition coefficient (Wildman–Crippen LogP) is 4.26. The molecule has 0 amide bonds. The van der Waals surface area contributed by atoms with Crippen LogP contribution >= 0.6 is 0 Å². The van der Waals surface area contributed by atoms with Crippen molar-refractivity contribution in [2.24, 2.45) is 11.8 Å².